The summed E-state index contributed by atoms with van der Waals surface area (Å²) in [5.41, 5.74) is 6.22. The molecule has 3 N–H and O–H groups in total. The fourth-order valence-corrected chi connectivity index (χ4v) is 5.00. The van der Waals surface area contributed by atoms with Crippen molar-refractivity contribution in [3.63, 3.8) is 0 Å². The number of amides is 2. The van der Waals surface area contributed by atoms with Crippen LogP contribution in [0.2, 0.25) is 0 Å². The van der Waals surface area contributed by atoms with E-state index in [1.807, 2.05) is 12.2 Å². The zero-order chi connectivity index (χ0) is 37.1. The highest BCUT2D eigenvalue weighted by Gasteiger charge is 2.41. The van der Waals surface area contributed by atoms with Gasteiger partial charge in [-0.1, -0.05) is 79.8 Å². The number of nitrogens with one attached hydrogen (secondary N) is 3. The number of aromatic amines is 1. The predicted molar refractivity (Wildman–Crippen MR) is 194 cm³/mol. The van der Waals surface area contributed by atoms with E-state index in [9.17, 15) is 24.3 Å². The van der Waals surface area contributed by atoms with Crippen molar-refractivity contribution in [1.29, 1.82) is 5.53 Å². The van der Waals surface area contributed by atoms with Gasteiger partial charge in [-0.25, -0.2) is 4.79 Å². The van der Waals surface area contributed by atoms with Gasteiger partial charge in [0.1, 0.15) is 29.1 Å². The Labute approximate surface area is 299 Å². The molecule has 1 aromatic rings. The highest BCUT2D eigenvalue weighted by molar-refractivity contribution is 5.75. The molecule has 0 aliphatic carbocycles. The third kappa shape index (κ3) is 18.1. The lowest BCUT2D eigenvalue weighted by Crippen LogP contribution is -2.48. The molecule has 1 aliphatic rings. The molecule has 2 rings (SSSR count). The smallest absolute Gasteiger partial charge is 0.330 e. The van der Waals surface area contributed by atoms with Crippen molar-refractivity contribution in [2.45, 2.75) is 90.0 Å². The van der Waals surface area contributed by atoms with Gasteiger partial charge in [-0.2, -0.15) is 0 Å². The number of hydrogen-bond donors (Lipinski definition) is 3. The predicted octanol–water partition coefficient (Wildman–Crippen LogP) is 4.31. The van der Waals surface area contributed by atoms with Crippen LogP contribution in [0.15, 0.2) is 93.8 Å². The Hall–Kier alpha value is -4.91. The van der Waals surface area contributed by atoms with Crippen LogP contribution in [0.1, 0.15) is 76.5 Å². The van der Waals surface area contributed by atoms with Crippen molar-refractivity contribution < 1.29 is 24.2 Å². The molecule has 278 valence electrons. The Balaban J connectivity index is 1.57. The number of nitrogens with zero attached hydrogens (tertiary/aromatic N) is 4. The maximum Gasteiger partial charge on any atom is 0.330 e. The van der Waals surface area contributed by atoms with Crippen LogP contribution in [0.25, 0.3) is 0 Å². The maximum absolute atomic E-state index is 12.3. The van der Waals surface area contributed by atoms with Gasteiger partial charge in [0.05, 0.1) is 13.2 Å². The molecule has 0 saturated carbocycles. The van der Waals surface area contributed by atoms with Gasteiger partial charge in [0.15, 0.2) is 6.04 Å². The van der Waals surface area contributed by atoms with E-state index in [1.165, 1.54) is 10.8 Å². The van der Waals surface area contributed by atoms with Gasteiger partial charge in [0.25, 0.3) is 5.56 Å². The average Bonchev–Trinajstić information content (AvgIpc) is 3.50. The number of ether oxygens (including phenoxy) is 2. The Morgan fingerprint density at radius 3 is 2.18 bits per heavy atom. The van der Waals surface area contributed by atoms with E-state index in [2.05, 4.69) is 88.0 Å². The Morgan fingerprint density at radius 1 is 1.02 bits per heavy atom. The molecule has 14 heteroatoms. The number of rotatable bonds is 24. The molecular weight excluding hydrogens is 654 g/mol. The molecule has 14 nitrogen and oxygen atoms in total. The normalized spacial score (nSPS) is 17.9. The van der Waals surface area contributed by atoms with Crippen molar-refractivity contribution in [1.82, 2.24) is 24.7 Å². The highest BCUT2D eigenvalue weighted by Crippen LogP contribution is 2.30. The van der Waals surface area contributed by atoms with Crippen LogP contribution in [0, 0.1) is 12.5 Å². The molecule has 0 radical (unpaired) electrons. The monoisotopic (exact) mass is 707 g/mol. The number of carbonyl (C=O) groups is 2. The highest BCUT2D eigenvalue weighted by atomic mass is 16.5. The first-order valence-corrected chi connectivity index (χ1v) is 17.5. The standard InChI is InChI=1S/C37H53N7O7/c1-3-4-5-6-7-8-9-10-11-12-13-14-15-16-17-18-19-20-21-22-33(45)39-23-25-50-26-24-43(37(48)49)29-32-31(41-42-38)27-34(51-32)44-28-30(2)35(46)40-36(44)47/h4-5,7-8,10-11,13-14,16-17,19-20,28,31-32,34,38H,3,6,9,12,15,18,21-27,29H2,1-2H3,(H2-,39,40,45,46,47,48,49)/t31-,32-,34-/m0/s1. The van der Waals surface area contributed by atoms with Crippen molar-refractivity contribution in [2.24, 2.45) is 5.11 Å². The second kappa shape index (κ2) is 26.0. The van der Waals surface area contributed by atoms with E-state index in [0.29, 0.717) is 18.4 Å². The topological polar surface area (TPSA) is 196 Å². The van der Waals surface area contributed by atoms with Crippen LogP contribution in [-0.2, 0) is 14.3 Å². The summed E-state index contributed by atoms with van der Waals surface area (Å²) < 4.78 is 12.6. The van der Waals surface area contributed by atoms with Crippen LogP contribution >= 0.6 is 0 Å². The Morgan fingerprint density at radius 2 is 1.61 bits per heavy atom. The minimum Gasteiger partial charge on any atom is -0.530 e. The van der Waals surface area contributed by atoms with Gasteiger partial charge >= 0.3 is 5.69 Å². The summed E-state index contributed by atoms with van der Waals surface area (Å²) in [6.07, 6.45) is 30.7. The second-order valence-corrected chi connectivity index (χ2v) is 11.8. The summed E-state index contributed by atoms with van der Waals surface area (Å²) in [7, 11) is 0. The summed E-state index contributed by atoms with van der Waals surface area (Å²) in [5, 5.41) is 18.4. The molecular formula is C37H53N7O7. The van der Waals surface area contributed by atoms with Crippen molar-refractivity contribution >= 4 is 12.0 Å². The van der Waals surface area contributed by atoms with Crippen LogP contribution in [0.4, 0.5) is 4.79 Å². The van der Waals surface area contributed by atoms with Crippen LogP contribution in [0.5, 0.6) is 0 Å². The molecule has 1 saturated heterocycles. The molecule has 2 heterocycles. The van der Waals surface area contributed by atoms with E-state index >= 15 is 0 Å². The molecule has 0 bridgehead atoms. The first kappa shape index (κ1) is 42.3. The van der Waals surface area contributed by atoms with E-state index in [4.69, 9.17) is 15.0 Å². The SMILES string of the molecule is CCC=CCC=CCC=CCC=CCC=CCC=CCCC(=O)NCCOCCN(C[C@@H]1O[C@H](n2cc(C)c(=O)[nH]c2=O)C[C@@H]1N=[N+]=N)C(=O)[O-]. The number of aromatic nitrogens is 2. The van der Waals surface area contributed by atoms with Gasteiger partial charge in [-0.3, -0.25) is 19.1 Å². The summed E-state index contributed by atoms with van der Waals surface area (Å²) in [5.74, 6) is -0.103. The number of allylic oxidation sites excluding steroid dienone is 12. The summed E-state index contributed by atoms with van der Waals surface area (Å²) in [6, 6.07) is -0.697. The Kier molecular flexibility index (Phi) is 21.5. The van der Waals surface area contributed by atoms with Crippen molar-refractivity contribution in [2.75, 3.05) is 32.8 Å². The third-order valence-electron chi connectivity index (χ3n) is 7.73. The molecule has 0 aromatic carbocycles. The third-order valence-corrected chi connectivity index (χ3v) is 7.73. The van der Waals surface area contributed by atoms with Gasteiger partial charge < -0.3 is 29.6 Å². The molecule has 3 atom stereocenters. The number of carboxylic acid groups (broad SMARTS) is 1. The van der Waals surface area contributed by atoms with Gasteiger partial charge in [-0.15, -0.1) is 0 Å². The summed E-state index contributed by atoms with van der Waals surface area (Å²) in [4.78, 5) is 54.2. The lowest BCUT2D eigenvalue weighted by molar-refractivity contribution is -0.267. The molecule has 1 aromatic heterocycles. The minimum atomic E-state index is -1.45. The first-order valence-electron chi connectivity index (χ1n) is 17.5. The number of carbonyl (C=O) groups excluding carboxylic acids is 2. The van der Waals surface area contributed by atoms with E-state index in [0.717, 1.165) is 43.4 Å². The van der Waals surface area contributed by atoms with Gasteiger partial charge in [0, 0.05) is 44.2 Å². The fraction of sp³-hybridized carbons (Fsp3) is 0.514. The van der Waals surface area contributed by atoms with Crippen LogP contribution < -0.4 is 26.6 Å². The second-order valence-electron chi connectivity index (χ2n) is 11.8. The summed E-state index contributed by atoms with van der Waals surface area (Å²) >= 11 is 0. The van der Waals surface area contributed by atoms with Gasteiger partial charge in [0.2, 0.25) is 10.8 Å². The fourth-order valence-electron chi connectivity index (χ4n) is 5.00. The lowest BCUT2D eigenvalue weighted by Gasteiger charge is -2.28. The molecule has 1 aliphatic heterocycles. The van der Waals surface area contributed by atoms with Crippen LogP contribution in [-0.4, -0.2) is 71.4 Å². The average molecular weight is 708 g/mol. The Bertz CT molecular complexity index is 1550. The number of H-pyrrole nitrogens is 1. The van der Waals surface area contributed by atoms with Crippen LogP contribution in [0.3, 0.4) is 0 Å². The van der Waals surface area contributed by atoms with E-state index < -0.39 is 35.7 Å². The molecule has 2 amide bonds. The van der Waals surface area contributed by atoms with E-state index in [-0.39, 0.29) is 45.2 Å². The van der Waals surface area contributed by atoms with Gasteiger partial charge in [-0.05, 0) is 51.9 Å². The minimum absolute atomic E-state index is 0.0358. The number of hydrogen-bond acceptors (Lipinski definition) is 9. The maximum atomic E-state index is 12.3. The molecule has 0 spiro atoms. The largest absolute Gasteiger partial charge is 0.530 e. The molecule has 1 fully saturated rings. The van der Waals surface area contributed by atoms with Crippen molar-refractivity contribution in [3.8, 4) is 0 Å². The zero-order valence-electron chi connectivity index (χ0n) is 29.8. The quantitative estimate of drug-likeness (QED) is 0.0616. The lowest BCUT2D eigenvalue weighted by atomic mass is 10.1. The number of aryl methyl sites for hydroxylation is 1. The molecule has 0 unspecified atom stereocenters. The van der Waals surface area contributed by atoms with E-state index in [1.54, 1.807) is 6.92 Å². The first-order chi connectivity index (χ1) is 24.8. The zero-order valence-corrected chi connectivity index (χ0v) is 29.8. The van der Waals surface area contributed by atoms with Crippen molar-refractivity contribution in [3.05, 3.63) is 106 Å². The molecule has 51 heavy (non-hydrogen) atoms. The summed E-state index contributed by atoms with van der Waals surface area (Å²) in [6.45, 7) is 4.00.